The quantitative estimate of drug-likeness (QED) is 0.497. The van der Waals surface area contributed by atoms with Gasteiger partial charge in [-0.3, -0.25) is 9.97 Å². The van der Waals surface area contributed by atoms with E-state index in [0.717, 1.165) is 44.4 Å². The van der Waals surface area contributed by atoms with Crippen molar-refractivity contribution < 1.29 is 4.42 Å². The number of furan rings is 1. The average Bonchev–Trinajstić information content (AvgIpc) is 3.27. The molecule has 5 aromatic rings. The van der Waals surface area contributed by atoms with Gasteiger partial charge in [-0.2, -0.15) is 0 Å². The first-order chi connectivity index (χ1) is 11.9. The van der Waals surface area contributed by atoms with Crippen LogP contribution in [0.4, 0.5) is 0 Å². The summed E-state index contributed by atoms with van der Waals surface area (Å²) < 4.78 is 5.41. The molecule has 0 saturated heterocycles. The molecule has 0 aliphatic rings. The highest BCUT2D eigenvalue weighted by Gasteiger charge is 2.07. The molecule has 0 spiro atoms. The zero-order chi connectivity index (χ0) is 15.9. The summed E-state index contributed by atoms with van der Waals surface area (Å²) in [7, 11) is 0. The van der Waals surface area contributed by atoms with Gasteiger partial charge in [0.25, 0.3) is 0 Å². The number of aromatic amines is 1. The highest BCUT2D eigenvalue weighted by atomic mass is 16.3. The van der Waals surface area contributed by atoms with Crippen molar-refractivity contribution in [3.8, 4) is 22.5 Å². The van der Waals surface area contributed by atoms with Crippen LogP contribution in [0.5, 0.6) is 0 Å². The lowest BCUT2D eigenvalue weighted by atomic mass is 10.1. The van der Waals surface area contributed by atoms with E-state index in [2.05, 4.69) is 51.4 Å². The van der Waals surface area contributed by atoms with Crippen molar-refractivity contribution in [3.63, 3.8) is 0 Å². The van der Waals surface area contributed by atoms with Crippen molar-refractivity contribution in [1.82, 2.24) is 15.0 Å². The maximum atomic E-state index is 5.41. The molecule has 1 N–H and O–H groups in total. The number of hydrogen-bond donors (Lipinski definition) is 1. The van der Waals surface area contributed by atoms with Gasteiger partial charge in [0.2, 0.25) is 0 Å². The Morgan fingerprint density at radius 2 is 1.75 bits per heavy atom. The van der Waals surface area contributed by atoms with Crippen LogP contribution in [-0.4, -0.2) is 15.0 Å². The maximum Gasteiger partial charge on any atom is 0.133 e. The Morgan fingerprint density at radius 1 is 0.833 bits per heavy atom. The lowest BCUT2D eigenvalue weighted by Crippen LogP contribution is -1.83. The minimum absolute atomic E-state index is 0.877. The normalized spacial score (nSPS) is 11.3. The fourth-order valence-electron chi connectivity index (χ4n) is 3.03. The fourth-order valence-corrected chi connectivity index (χ4v) is 3.03. The predicted molar refractivity (Wildman–Crippen MR) is 94.5 cm³/mol. The van der Waals surface area contributed by atoms with Gasteiger partial charge in [-0.1, -0.05) is 6.07 Å². The molecule has 2 aromatic carbocycles. The van der Waals surface area contributed by atoms with Crippen LogP contribution in [-0.2, 0) is 0 Å². The molecule has 0 amide bonds. The molecule has 0 radical (unpaired) electrons. The van der Waals surface area contributed by atoms with Gasteiger partial charge in [-0.15, -0.1) is 0 Å². The summed E-state index contributed by atoms with van der Waals surface area (Å²) in [6.45, 7) is 0. The Bertz CT molecular complexity index is 1160. The second kappa shape index (κ2) is 5.06. The number of hydrogen-bond acceptors (Lipinski definition) is 3. The number of aromatic nitrogens is 3. The number of nitrogens with zero attached hydrogens (tertiary/aromatic N) is 2. The molecule has 0 fully saturated rings. The number of nitrogens with one attached hydrogen (secondary N) is 1. The van der Waals surface area contributed by atoms with Crippen LogP contribution in [0.2, 0.25) is 0 Å². The van der Waals surface area contributed by atoms with Crippen molar-refractivity contribution in [3.05, 3.63) is 73.4 Å². The fraction of sp³-hybridized carbons (Fsp3) is 0. The molecule has 0 aliphatic carbocycles. The van der Waals surface area contributed by atoms with Crippen LogP contribution in [0.3, 0.4) is 0 Å². The molecule has 0 bridgehead atoms. The molecule has 0 atom stereocenters. The first kappa shape index (κ1) is 13.1. The predicted octanol–water partition coefficient (Wildman–Crippen LogP) is 5.04. The van der Waals surface area contributed by atoms with Gasteiger partial charge in [-0.25, -0.2) is 0 Å². The maximum absolute atomic E-state index is 5.41. The third-order valence-corrected chi connectivity index (χ3v) is 4.24. The first-order valence-electron chi connectivity index (χ1n) is 7.74. The highest BCUT2D eigenvalue weighted by Crippen LogP contribution is 2.29. The molecule has 0 saturated carbocycles. The average molecular weight is 311 g/mol. The molecular weight excluding hydrogens is 298 g/mol. The summed E-state index contributed by atoms with van der Waals surface area (Å²) >= 11 is 0. The largest absolute Gasteiger partial charge is 0.464 e. The van der Waals surface area contributed by atoms with Gasteiger partial charge in [0.1, 0.15) is 5.58 Å². The Kier molecular flexibility index (Phi) is 2.76. The van der Waals surface area contributed by atoms with Crippen LogP contribution < -0.4 is 0 Å². The number of fused-ring (bicyclic) bond motifs is 2. The summed E-state index contributed by atoms with van der Waals surface area (Å²) in [4.78, 5) is 12.0. The van der Waals surface area contributed by atoms with Crippen LogP contribution in [0.1, 0.15) is 0 Å². The second-order valence-electron chi connectivity index (χ2n) is 5.75. The van der Waals surface area contributed by atoms with Crippen LogP contribution in [0.25, 0.3) is 44.4 Å². The van der Waals surface area contributed by atoms with Crippen LogP contribution in [0.15, 0.2) is 77.8 Å². The third-order valence-electron chi connectivity index (χ3n) is 4.24. The van der Waals surface area contributed by atoms with Crippen molar-refractivity contribution >= 4 is 21.9 Å². The van der Waals surface area contributed by atoms with Crippen molar-refractivity contribution in [2.75, 3.05) is 0 Å². The number of rotatable bonds is 2. The van der Waals surface area contributed by atoms with Crippen LogP contribution in [0, 0.1) is 0 Å². The Balaban J connectivity index is 1.62. The molecular formula is C20H13N3O. The van der Waals surface area contributed by atoms with Gasteiger partial charge in [0, 0.05) is 39.9 Å². The van der Waals surface area contributed by atoms with E-state index < -0.39 is 0 Å². The van der Waals surface area contributed by atoms with E-state index >= 15 is 0 Å². The number of benzene rings is 2. The van der Waals surface area contributed by atoms with Gasteiger partial charge in [-0.05, 0) is 48.0 Å². The van der Waals surface area contributed by atoms with Gasteiger partial charge >= 0.3 is 0 Å². The summed E-state index contributed by atoms with van der Waals surface area (Å²) in [5.41, 5.74) is 6.17. The van der Waals surface area contributed by atoms with E-state index in [9.17, 15) is 0 Å². The van der Waals surface area contributed by atoms with Crippen LogP contribution >= 0.6 is 0 Å². The second-order valence-corrected chi connectivity index (χ2v) is 5.75. The molecule has 24 heavy (non-hydrogen) atoms. The molecule has 0 unspecified atom stereocenters. The molecule has 0 aliphatic heterocycles. The molecule has 3 heterocycles. The molecule has 5 rings (SSSR count). The third kappa shape index (κ3) is 2.08. The standard InChI is InChI=1S/C20H13N3O/c1-3-17-16(10-14(1)19-12-21-6-7-22-19)11-18(23-17)13-2-4-20-15(9-13)5-8-24-20/h1-12,23H. The van der Waals surface area contributed by atoms with Crippen molar-refractivity contribution in [2.45, 2.75) is 0 Å². The monoisotopic (exact) mass is 311 g/mol. The van der Waals surface area contributed by atoms with Crippen molar-refractivity contribution in [2.24, 2.45) is 0 Å². The lowest BCUT2D eigenvalue weighted by molar-refractivity contribution is 0.616. The minimum Gasteiger partial charge on any atom is -0.464 e. The van der Waals surface area contributed by atoms with Crippen molar-refractivity contribution in [1.29, 1.82) is 0 Å². The van der Waals surface area contributed by atoms with E-state index in [1.165, 1.54) is 0 Å². The molecule has 3 aromatic heterocycles. The first-order valence-corrected chi connectivity index (χ1v) is 7.74. The SMILES string of the molecule is c1cnc(-c2ccc3[nH]c(-c4ccc5occc5c4)cc3c2)cn1. The smallest absolute Gasteiger partial charge is 0.133 e. The van der Waals surface area contributed by atoms with Gasteiger partial charge in [0.15, 0.2) is 0 Å². The lowest BCUT2D eigenvalue weighted by Gasteiger charge is -1.99. The van der Waals surface area contributed by atoms with Gasteiger partial charge in [0.05, 0.1) is 18.2 Å². The molecule has 4 nitrogen and oxygen atoms in total. The molecule has 114 valence electrons. The summed E-state index contributed by atoms with van der Waals surface area (Å²) in [6, 6.07) is 16.6. The summed E-state index contributed by atoms with van der Waals surface area (Å²) in [6.07, 6.45) is 6.89. The summed E-state index contributed by atoms with van der Waals surface area (Å²) in [5, 5.41) is 2.26. The van der Waals surface area contributed by atoms with E-state index in [1.807, 2.05) is 12.1 Å². The van der Waals surface area contributed by atoms with E-state index in [-0.39, 0.29) is 0 Å². The van der Waals surface area contributed by atoms with E-state index in [4.69, 9.17) is 4.42 Å². The highest BCUT2D eigenvalue weighted by molar-refractivity contribution is 5.91. The Hall–Kier alpha value is -3.40. The van der Waals surface area contributed by atoms with E-state index in [0.29, 0.717) is 0 Å². The topological polar surface area (TPSA) is 54.7 Å². The minimum atomic E-state index is 0.877. The Morgan fingerprint density at radius 3 is 2.67 bits per heavy atom. The summed E-state index contributed by atoms with van der Waals surface area (Å²) in [5.74, 6) is 0. The Labute approximate surface area is 137 Å². The molecule has 4 heteroatoms. The zero-order valence-corrected chi connectivity index (χ0v) is 12.7. The van der Waals surface area contributed by atoms with Gasteiger partial charge < -0.3 is 9.40 Å². The van der Waals surface area contributed by atoms with E-state index in [1.54, 1.807) is 24.9 Å². The number of H-pyrrole nitrogens is 1. The zero-order valence-electron chi connectivity index (χ0n) is 12.7.